The van der Waals surface area contributed by atoms with Crippen LogP contribution in [-0.4, -0.2) is 0 Å². The summed E-state index contributed by atoms with van der Waals surface area (Å²) in [6.07, 6.45) is 0. The second kappa shape index (κ2) is 11.9. The minimum atomic E-state index is 0.868. The average molecular weight is 694 g/mol. The minimum absolute atomic E-state index is 0.868. The van der Waals surface area contributed by atoms with E-state index in [0.29, 0.717) is 0 Å². The Kier molecular flexibility index (Phi) is 6.76. The lowest BCUT2D eigenvalue weighted by atomic mass is 9.96. The molecule has 0 radical (unpaired) electrons. The van der Waals surface area contributed by atoms with Gasteiger partial charge in [0, 0.05) is 42.3 Å². The first-order valence-corrected chi connectivity index (χ1v) is 18.8. The summed E-state index contributed by atoms with van der Waals surface area (Å²) in [5, 5.41) is 9.75. The summed E-state index contributed by atoms with van der Waals surface area (Å²) in [5.74, 6) is 0. The number of benzene rings is 9. The average Bonchev–Trinajstić information content (AvgIpc) is 3.80. The van der Waals surface area contributed by atoms with Gasteiger partial charge >= 0.3 is 0 Å². The number of para-hydroxylation sites is 1. The molecule has 0 amide bonds. The molecule has 0 bridgehead atoms. The molecule has 11 rings (SSSR count). The fourth-order valence-electron chi connectivity index (χ4n) is 8.04. The van der Waals surface area contributed by atoms with Gasteiger partial charge in [0.1, 0.15) is 5.58 Å². The molecule has 0 aliphatic carbocycles. The van der Waals surface area contributed by atoms with Crippen LogP contribution in [0.3, 0.4) is 0 Å². The van der Waals surface area contributed by atoms with Crippen LogP contribution in [0.2, 0.25) is 0 Å². The van der Waals surface area contributed by atoms with Gasteiger partial charge in [0.2, 0.25) is 0 Å². The molecule has 0 saturated carbocycles. The predicted molar refractivity (Wildman–Crippen MR) is 227 cm³/mol. The fourth-order valence-corrected chi connectivity index (χ4v) is 9.18. The molecule has 0 saturated heterocycles. The van der Waals surface area contributed by atoms with Gasteiger partial charge in [-0.3, -0.25) is 0 Å². The number of furan rings is 1. The van der Waals surface area contributed by atoms with Crippen molar-refractivity contribution >= 4 is 92.1 Å². The standard InChI is InChI=1S/C50H31NOS/c1-3-11-35-29-37(19-17-32(35)9-1)34-21-23-39(24-22-34)51(40-25-26-43-42-13-6-8-16-47(42)53-48(43)31-40)45-28-27-41(38-20-18-33-10-2-4-12-36(33)30-38)49-44-14-5-7-15-46(44)52-50(45)49/h1-31H. The van der Waals surface area contributed by atoms with Gasteiger partial charge in [-0.2, -0.15) is 0 Å². The number of rotatable bonds is 5. The Balaban J connectivity index is 1.13. The Hall–Kier alpha value is -6.68. The summed E-state index contributed by atoms with van der Waals surface area (Å²) in [6.45, 7) is 0. The number of anilines is 3. The highest BCUT2D eigenvalue weighted by Crippen LogP contribution is 2.47. The van der Waals surface area contributed by atoms with Crippen LogP contribution in [0.4, 0.5) is 17.1 Å². The normalized spacial score (nSPS) is 11.8. The quantitative estimate of drug-likeness (QED) is 0.178. The third kappa shape index (κ3) is 4.93. The summed E-state index contributed by atoms with van der Waals surface area (Å²) in [5.41, 5.74) is 9.61. The number of hydrogen-bond donors (Lipinski definition) is 0. The van der Waals surface area contributed by atoms with Gasteiger partial charge in [-0.25, -0.2) is 0 Å². The highest BCUT2D eigenvalue weighted by Gasteiger charge is 2.23. The van der Waals surface area contributed by atoms with Crippen LogP contribution in [0.15, 0.2) is 192 Å². The molecular formula is C50H31NOS. The van der Waals surface area contributed by atoms with Gasteiger partial charge in [-0.1, -0.05) is 133 Å². The van der Waals surface area contributed by atoms with Crippen LogP contribution in [0.25, 0.3) is 85.9 Å². The predicted octanol–water partition coefficient (Wildman–Crippen LogP) is 15.1. The molecular weight excluding hydrogens is 663 g/mol. The Morgan fingerprint density at radius 2 is 1.00 bits per heavy atom. The van der Waals surface area contributed by atoms with Crippen LogP contribution in [0.5, 0.6) is 0 Å². The summed E-state index contributed by atoms with van der Waals surface area (Å²) in [7, 11) is 0. The maximum absolute atomic E-state index is 6.89. The molecule has 2 heterocycles. The molecule has 0 aliphatic heterocycles. The van der Waals surface area contributed by atoms with Gasteiger partial charge in [0.05, 0.1) is 5.69 Å². The van der Waals surface area contributed by atoms with Crippen LogP contribution in [0.1, 0.15) is 0 Å². The van der Waals surface area contributed by atoms with E-state index in [1.54, 1.807) is 0 Å². The van der Waals surface area contributed by atoms with E-state index in [1.165, 1.54) is 58.4 Å². The molecule has 3 heteroatoms. The Morgan fingerprint density at radius 1 is 0.396 bits per heavy atom. The third-order valence-corrected chi connectivity index (χ3v) is 11.8. The zero-order valence-corrected chi connectivity index (χ0v) is 29.5. The van der Waals surface area contributed by atoms with E-state index < -0.39 is 0 Å². The van der Waals surface area contributed by atoms with Gasteiger partial charge in [-0.05, 0) is 98.4 Å². The van der Waals surface area contributed by atoms with E-state index in [0.717, 1.165) is 44.6 Å². The SMILES string of the molecule is c1ccc2cc(-c3ccc(N(c4ccc5c(c4)sc4ccccc45)c4ccc(-c5ccc6ccccc6c5)c5c4oc4ccccc45)cc3)ccc2c1. The molecule has 53 heavy (non-hydrogen) atoms. The molecule has 0 spiro atoms. The highest BCUT2D eigenvalue weighted by molar-refractivity contribution is 7.25. The van der Waals surface area contributed by atoms with E-state index in [4.69, 9.17) is 4.42 Å². The molecule has 248 valence electrons. The van der Waals surface area contributed by atoms with Crippen molar-refractivity contribution in [3.05, 3.63) is 188 Å². The summed E-state index contributed by atoms with van der Waals surface area (Å²) in [4.78, 5) is 2.36. The van der Waals surface area contributed by atoms with Crippen LogP contribution >= 0.6 is 11.3 Å². The summed E-state index contributed by atoms with van der Waals surface area (Å²) in [6, 6.07) is 68.0. The van der Waals surface area contributed by atoms with E-state index in [2.05, 4.69) is 193 Å². The zero-order chi connectivity index (χ0) is 34.9. The van der Waals surface area contributed by atoms with Crippen molar-refractivity contribution in [2.24, 2.45) is 0 Å². The molecule has 0 atom stereocenters. The number of hydrogen-bond acceptors (Lipinski definition) is 3. The molecule has 2 aromatic heterocycles. The van der Waals surface area contributed by atoms with Crippen molar-refractivity contribution in [1.29, 1.82) is 0 Å². The van der Waals surface area contributed by atoms with Gasteiger partial charge in [-0.15, -0.1) is 11.3 Å². The maximum atomic E-state index is 6.89. The van der Waals surface area contributed by atoms with Crippen LogP contribution in [-0.2, 0) is 0 Å². The topological polar surface area (TPSA) is 16.4 Å². The van der Waals surface area contributed by atoms with Crippen molar-refractivity contribution in [3.63, 3.8) is 0 Å². The first kappa shape index (κ1) is 30.0. The lowest BCUT2D eigenvalue weighted by molar-refractivity contribution is 0.669. The molecule has 0 N–H and O–H groups in total. The third-order valence-electron chi connectivity index (χ3n) is 10.6. The van der Waals surface area contributed by atoms with Gasteiger partial charge < -0.3 is 9.32 Å². The maximum Gasteiger partial charge on any atom is 0.160 e. The van der Waals surface area contributed by atoms with Gasteiger partial charge in [0.25, 0.3) is 0 Å². The van der Waals surface area contributed by atoms with E-state index in [1.807, 2.05) is 11.3 Å². The lowest BCUT2D eigenvalue weighted by Gasteiger charge is -2.26. The zero-order valence-electron chi connectivity index (χ0n) is 28.7. The van der Waals surface area contributed by atoms with Gasteiger partial charge in [0.15, 0.2) is 5.58 Å². The second-order valence-electron chi connectivity index (χ2n) is 13.7. The van der Waals surface area contributed by atoms with E-state index in [-0.39, 0.29) is 0 Å². The fraction of sp³-hybridized carbons (Fsp3) is 0. The van der Waals surface area contributed by atoms with Crippen molar-refractivity contribution < 1.29 is 4.42 Å². The minimum Gasteiger partial charge on any atom is -0.454 e. The molecule has 9 aromatic carbocycles. The van der Waals surface area contributed by atoms with Crippen molar-refractivity contribution in [2.45, 2.75) is 0 Å². The summed E-state index contributed by atoms with van der Waals surface area (Å²) < 4.78 is 9.44. The lowest BCUT2D eigenvalue weighted by Crippen LogP contribution is -2.10. The first-order valence-electron chi connectivity index (χ1n) is 18.0. The molecule has 0 fully saturated rings. The van der Waals surface area contributed by atoms with Crippen molar-refractivity contribution in [3.8, 4) is 22.3 Å². The van der Waals surface area contributed by atoms with E-state index in [9.17, 15) is 0 Å². The van der Waals surface area contributed by atoms with Crippen LogP contribution in [0, 0.1) is 0 Å². The largest absolute Gasteiger partial charge is 0.454 e. The number of thiophene rings is 1. The number of fused-ring (bicyclic) bond motifs is 8. The van der Waals surface area contributed by atoms with Crippen molar-refractivity contribution in [1.82, 2.24) is 0 Å². The first-order chi connectivity index (χ1) is 26.2. The molecule has 11 aromatic rings. The molecule has 2 nitrogen and oxygen atoms in total. The Labute approximate surface area is 310 Å². The van der Waals surface area contributed by atoms with Crippen LogP contribution < -0.4 is 4.90 Å². The van der Waals surface area contributed by atoms with E-state index >= 15 is 0 Å². The van der Waals surface area contributed by atoms with Crippen molar-refractivity contribution in [2.75, 3.05) is 4.90 Å². The summed E-state index contributed by atoms with van der Waals surface area (Å²) >= 11 is 1.84. The second-order valence-corrected chi connectivity index (χ2v) is 14.8. The Morgan fingerprint density at radius 3 is 1.79 bits per heavy atom. The smallest absolute Gasteiger partial charge is 0.160 e. The number of nitrogens with zero attached hydrogens (tertiary/aromatic N) is 1. The Bertz CT molecular complexity index is 3190. The highest BCUT2D eigenvalue weighted by atomic mass is 32.1. The molecule has 0 aliphatic rings. The monoisotopic (exact) mass is 693 g/mol. The molecule has 0 unspecified atom stereocenters.